The Morgan fingerprint density at radius 2 is 2.30 bits per heavy atom. The normalized spacial score (nSPS) is 17.9. The highest BCUT2D eigenvalue weighted by Gasteiger charge is 2.11. The number of allylic oxidation sites excluding steroid dienone is 2. The van der Waals surface area contributed by atoms with Gasteiger partial charge in [0, 0.05) is 19.3 Å². The minimum absolute atomic E-state index is 0.0740. The molecule has 0 aromatic carbocycles. The van der Waals surface area contributed by atoms with Gasteiger partial charge in [-0.1, -0.05) is 12.2 Å². The summed E-state index contributed by atoms with van der Waals surface area (Å²) >= 11 is 0. The third kappa shape index (κ3) is 4.35. The van der Waals surface area contributed by atoms with Gasteiger partial charge in [0.2, 0.25) is 0 Å². The maximum Gasteiger partial charge on any atom is 0.273 e. The number of aromatic nitrogens is 1. The molecule has 5 heteroatoms. The first-order chi connectivity index (χ1) is 9.77. The van der Waals surface area contributed by atoms with E-state index in [-0.39, 0.29) is 17.4 Å². The van der Waals surface area contributed by atoms with Crippen molar-refractivity contribution in [2.45, 2.75) is 19.3 Å². The van der Waals surface area contributed by atoms with Crippen LogP contribution in [0, 0.1) is 5.92 Å². The summed E-state index contributed by atoms with van der Waals surface area (Å²) in [6.45, 7) is 2.23. The SMILES string of the molecule is O=C(NCCNCC1CC=CCC1)c1ncccc1O. The topological polar surface area (TPSA) is 74.2 Å². The lowest BCUT2D eigenvalue weighted by atomic mass is 9.94. The van der Waals surface area contributed by atoms with Crippen LogP contribution in [-0.4, -0.2) is 35.6 Å². The minimum atomic E-state index is -0.342. The third-order valence-corrected chi connectivity index (χ3v) is 3.40. The van der Waals surface area contributed by atoms with E-state index in [1.165, 1.54) is 25.1 Å². The second-order valence-corrected chi connectivity index (χ2v) is 4.98. The summed E-state index contributed by atoms with van der Waals surface area (Å²) in [5.41, 5.74) is 0.0740. The van der Waals surface area contributed by atoms with E-state index in [1.54, 1.807) is 6.07 Å². The summed E-state index contributed by atoms with van der Waals surface area (Å²) in [6, 6.07) is 3.04. The Morgan fingerprint density at radius 1 is 1.40 bits per heavy atom. The highest BCUT2D eigenvalue weighted by Crippen LogP contribution is 2.16. The molecule has 0 bridgehead atoms. The number of nitrogens with one attached hydrogen (secondary N) is 2. The first-order valence-corrected chi connectivity index (χ1v) is 7.05. The summed E-state index contributed by atoms with van der Waals surface area (Å²) in [6.07, 6.45) is 9.50. The van der Waals surface area contributed by atoms with E-state index >= 15 is 0 Å². The van der Waals surface area contributed by atoms with Crippen LogP contribution in [0.2, 0.25) is 0 Å². The summed E-state index contributed by atoms with van der Waals surface area (Å²) < 4.78 is 0. The quantitative estimate of drug-likeness (QED) is 0.543. The van der Waals surface area contributed by atoms with Gasteiger partial charge in [0.25, 0.3) is 5.91 Å². The second-order valence-electron chi connectivity index (χ2n) is 4.98. The zero-order chi connectivity index (χ0) is 14.2. The Kier molecular flexibility index (Phi) is 5.55. The number of hydrogen-bond acceptors (Lipinski definition) is 4. The van der Waals surface area contributed by atoms with Crippen molar-refractivity contribution in [3.63, 3.8) is 0 Å². The van der Waals surface area contributed by atoms with Gasteiger partial charge in [0.1, 0.15) is 5.75 Å². The molecule has 2 rings (SSSR count). The Labute approximate surface area is 119 Å². The second kappa shape index (κ2) is 7.65. The number of pyridine rings is 1. The third-order valence-electron chi connectivity index (χ3n) is 3.40. The van der Waals surface area contributed by atoms with Crippen molar-refractivity contribution in [1.82, 2.24) is 15.6 Å². The van der Waals surface area contributed by atoms with Crippen LogP contribution in [0.4, 0.5) is 0 Å². The molecule has 0 spiro atoms. The molecule has 1 unspecified atom stereocenters. The van der Waals surface area contributed by atoms with Crippen LogP contribution in [-0.2, 0) is 0 Å². The maximum atomic E-state index is 11.8. The molecule has 3 N–H and O–H groups in total. The standard InChI is InChI=1S/C15H21N3O2/c19-13-7-4-8-17-14(13)15(20)18-10-9-16-11-12-5-2-1-3-6-12/h1-2,4,7-8,12,16,19H,3,5-6,9-11H2,(H,18,20). The van der Waals surface area contributed by atoms with E-state index in [0.29, 0.717) is 12.5 Å². The molecule has 0 saturated heterocycles. The minimum Gasteiger partial charge on any atom is -0.505 e. The zero-order valence-corrected chi connectivity index (χ0v) is 11.5. The summed E-state index contributed by atoms with van der Waals surface area (Å²) in [4.78, 5) is 15.6. The summed E-state index contributed by atoms with van der Waals surface area (Å²) in [7, 11) is 0. The molecule has 1 amide bonds. The van der Waals surface area contributed by atoms with E-state index in [2.05, 4.69) is 27.8 Å². The fourth-order valence-corrected chi connectivity index (χ4v) is 2.27. The molecule has 0 saturated carbocycles. The molecule has 1 atom stereocenters. The van der Waals surface area contributed by atoms with Gasteiger partial charge in [-0.25, -0.2) is 4.98 Å². The number of hydrogen-bond donors (Lipinski definition) is 3. The van der Waals surface area contributed by atoms with Crippen LogP contribution in [0.15, 0.2) is 30.5 Å². The molecule has 1 aromatic heterocycles. The van der Waals surface area contributed by atoms with Crippen LogP contribution >= 0.6 is 0 Å². The number of rotatable bonds is 6. The fourth-order valence-electron chi connectivity index (χ4n) is 2.27. The molecule has 0 fully saturated rings. The van der Waals surface area contributed by atoms with Crippen molar-refractivity contribution in [1.29, 1.82) is 0 Å². The fraction of sp³-hybridized carbons (Fsp3) is 0.467. The van der Waals surface area contributed by atoms with Crippen LogP contribution in [0.25, 0.3) is 0 Å². The molecule has 20 heavy (non-hydrogen) atoms. The Hall–Kier alpha value is -1.88. The van der Waals surface area contributed by atoms with Gasteiger partial charge in [-0.05, 0) is 43.9 Å². The summed E-state index contributed by atoms with van der Waals surface area (Å²) in [5.74, 6) is 0.271. The molecule has 1 aliphatic carbocycles. The van der Waals surface area contributed by atoms with Crippen molar-refractivity contribution in [3.05, 3.63) is 36.2 Å². The molecular formula is C15H21N3O2. The molecule has 0 aliphatic heterocycles. The molecule has 5 nitrogen and oxygen atoms in total. The number of amides is 1. The predicted octanol–water partition coefficient (Wildman–Crippen LogP) is 1.46. The van der Waals surface area contributed by atoms with Crippen molar-refractivity contribution in [2.75, 3.05) is 19.6 Å². The average molecular weight is 275 g/mol. The Balaban J connectivity index is 1.62. The van der Waals surface area contributed by atoms with E-state index in [4.69, 9.17) is 0 Å². The lowest BCUT2D eigenvalue weighted by Gasteiger charge is -2.18. The number of nitrogens with zero attached hydrogens (tertiary/aromatic N) is 1. The first-order valence-electron chi connectivity index (χ1n) is 7.05. The molecular weight excluding hydrogens is 254 g/mol. The predicted molar refractivity (Wildman–Crippen MR) is 77.6 cm³/mol. The average Bonchev–Trinajstić information content (AvgIpc) is 2.48. The monoisotopic (exact) mass is 275 g/mol. The van der Waals surface area contributed by atoms with Gasteiger partial charge in [0.05, 0.1) is 0 Å². The van der Waals surface area contributed by atoms with Crippen molar-refractivity contribution in [2.24, 2.45) is 5.92 Å². The number of aromatic hydroxyl groups is 1. The van der Waals surface area contributed by atoms with Crippen LogP contribution < -0.4 is 10.6 Å². The molecule has 1 aliphatic rings. The smallest absolute Gasteiger partial charge is 0.273 e. The highest BCUT2D eigenvalue weighted by atomic mass is 16.3. The van der Waals surface area contributed by atoms with Crippen LogP contribution in [0.5, 0.6) is 5.75 Å². The lowest BCUT2D eigenvalue weighted by Crippen LogP contribution is -2.34. The van der Waals surface area contributed by atoms with Gasteiger partial charge < -0.3 is 15.7 Å². The van der Waals surface area contributed by atoms with Gasteiger partial charge in [0.15, 0.2) is 5.69 Å². The van der Waals surface area contributed by atoms with E-state index in [1.807, 2.05) is 0 Å². The molecule has 0 radical (unpaired) electrons. The van der Waals surface area contributed by atoms with Crippen molar-refractivity contribution >= 4 is 5.91 Å². The lowest BCUT2D eigenvalue weighted by molar-refractivity contribution is 0.0946. The van der Waals surface area contributed by atoms with Gasteiger partial charge in [-0.2, -0.15) is 0 Å². The van der Waals surface area contributed by atoms with E-state index < -0.39 is 0 Å². The first kappa shape index (κ1) is 14.5. The largest absolute Gasteiger partial charge is 0.505 e. The molecule has 1 aromatic rings. The maximum absolute atomic E-state index is 11.8. The summed E-state index contributed by atoms with van der Waals surface area (Å²) in [5, 5.41) is 15.6. The van der Waals surface area contributed by atoms with Gasteiger partial charge in [-0.3, -0.25) is 4.79 Å². The Morgan fingerprint density at radius 3 is 3.05 bits per heavy atom. The van der Waals surface area contributed by atoms with Gasteiger partial charge >= 0.3 is 0 Å². The molecule has 1 heterocycles. The van der Waals surface area contributed by atoms with Crippen LogP contribution in [0.3, 0.4) is 0 Å². The number of carbonyl (C=O) groups is 1. The van der Waals surface area contributed by atoms with Crippen LogP contribution in [0.1, 0.15) is 29.8 Å². The Bertz CT molecular complexity index is 474. The molecule has 108 valence electrons. The van der Waals surface area contributed by atoms with Crippen molar-refractivity contribution < 1.29 is 9.90 Å². The zero-order valence-electron chi connectivity index (χ0n) is 11.5. The highest BCUT2D eigenvalue weighted by molar-refractivity contribution is 5.94. The number of carbonyl (C=O) groups excluding carboxylic acids is 1. The van der Waals surface area contributed by atoms with Crippen molar-refractivity contribution in [3.8, 4) is 5.75 Å². The van der Waals surface area contributed by atoms with Gasteiger partial charge in [-0.15, -0.1) is 0 Å². The van der Waals surface area contributed by atoms with E-state index in [9.17, 15) is 9.90 Å². The van der Waals surface area contributed by atoms with E-state index in [0.717, 1.165) is 19.5 Å².